The molecule has 110 valence electrons. The van der Waals surface area contributed by atoms with E-state index in [0.29, 0.717) is 13.0 Å². The Morgan fingerprint density at radius 3 is 2.43 bits per heavy atom. The molecule has 0 fully saturated rings. The van der Waals surface area contributed by atoms with Gasteiger partial charge in [0.25, 0.3) is 0 Å². The average Bonchev–Trinajstić information content (AvgIpc) is 2.47. The van der Waals surface area contributed by atoms with E-state index in [-0.39, 0.29) is 0 Å². The molecule has 5 heteroatoms. The first-order valence-electron chi connectivity index (χ1n) is 6.93. The summed E-state index contributed by atoms with van der Waals surface area (Å²) in [5.74, 6) is 0. The van der Waals surface area contributed by atoms with Crippen LogP contribution in [0.25, 0.3) is 0 Å². The van der Waals surface area contributed by atoms with Gasteiger partial charge in [0.2, 0.25) is 10.0 Å². The summed E-state index contributed by atoms with van der Waals surface area (Å²) in [7, 11) is -3.81. The molecular formula is C16H18N2O2S. The quantitative estimate of drug-likeness (QED) is 0.903. The van der Waals surface area contributed by atoms with Crippen LogP contribution in [0, 0.1) is 0 Å². The summed E-state index contributed by atoms with van der Waals surface area (Å²) >= 11 is 0. The first-order valence-corrected chi connectivity index (χ1v) is 8.47. The van der Waals surface area contributed by atoms with Crippen LogP contribution in [-0.4, -0.2) is 15.0 Å². The number of fused-ring (bicyclic) bond motifs is 1. The van der Waals surface area contributed by atoms with E-state index < -0.39 is 14.9 Å². The van der Waals surface area contributed by atoms with E-state index in [2.05, 4.69) is 5.32 Å². The van der Waals surface area contributed by atoms with Gasteiger partial charge in [-0.05, 0) is 23.1 Å². The van der Waals surface area contributed by atoms with Crippen LogP contribution in [0.3, 0.4) is 0 Å². The second-order valence-corrected chi connectivity index (χ2v) is 7.16. The molecule has 3 N–H and O–H groups in total. The van der Waals surface area contributed by atoms with E-state index >= 15 is 0 Å². The summed E-state index contributed by atoms with van der Waals surface area (Å²) in [5, 5.41) is 8.78. The first-order chi connectivity index (χ1) is 10.0. The van der Waals surface area contributed by atoms with Gasteiger partial charge in [-0.15, -0.1) is 0 Å². The molecular weight excluding hydrogens is 284 g/mol. The fourth-order valence-corrected chi connectivity index (χ4v) is 4.20. The van der Waals surface area contributed by atoms with Crippen molar-refractivity contribution < 1.29 is 8.42 Å². The van der Waals surface area contributed by atoms with Crippen molar-refractivity contribution in [3.05, 3.63) is 71.3 Å². The van der Waals surface area contributed by atoms with Gasteiger partial charge in [-0.25, -0.2) is 13.6 Å². The van der Waals surface area contributed by atoms with Crippen molar-refractivity contribution in [2.75, 3.05) is 6.54 Å². The van der Waals surface area contributed by atoms with Crippen LogP contribution in [0.5, 0.6) is 0 Å². The normalized spacial score (nSPS) is 21.8. The van der Waals surface area contributed by atoms with Crippen LogP contribution in [0.4, 0.5) is 0 Å². The molecule has 0 radical (unpaired) electrons. The van der Waals surface area contributed by atoms with Crippen molar-refractivity contribution >= 4 is 10.0 Å². The summed E-state index contributed by atoms with van der Waals surface area (Å²) in [6, 6.07) is 17.2. The SMILES string of the molecule is NS(=O)(=O)C1(Cc2ccccc2)NCCc2ccccc21. The molecule has 21 heavy (non-hydrogen) atoms. The third-order valence-corrected chi connectivity index (χ3v) is 5.52. The molecule has 0 amide bonds. The van der Waals surface area contributed by atoms with Crippen molar-refractivity contribution in [1.29, 1.82) is 0 Å². The zero-order valence-electron chi connectivity index (χ0n) is 11.6. The maximum atomic E-state index is 12.4. The van der Waals surface area contributed by atoms with Crippen LogP contribution in [-0.2, 0) is 27.7 Å². The highest BCUT2D eigenvalue weighted by atomic mass is 32.2. The van der Waals surface area contributed by atoms with Gasteiger partial charge in [0.05, 0.1) is 0 Å². The van der Waals surface area contributed by atoms with Gasteiger partial charge in [-0.3, -0.25) is 5.32 Å². The van der Waals surface area contributed by atoms with Gasteiger partial charge in [-0.1, -0.05) is 54.6 Å². The van der Waals surface area contributed by atoms with E-state index in [9.17, 15) is 8.42 Å². The molecule has 0 saturated heterocycles. The minimum atomic E-state index is -3.81. The number of nitrogens with one attached hydrogen (secondary N) is 1. The largest absolute Gasteiger partial charge is 0.293 e. The van der Waals surface area contributed by atoms with Gasteiger partial charge >= 0.3 is 0 Å². The van der Waals surface area contributed by atoms with Crippen molar-refractivity contribution in [2.24, 2.45) is 5.14 Å². The third kappa shape index (κ3) is 2.48. The van der Waals surface area contributed by atoms with Gasteiger partial charge in [0.15, 0.2) is 4.87 Å². The zero-order valence-corrected chi connectivity index (χ0v) is 12.4. The number of benzene rings is 2. The predicted octanol–water partition coefficient (Wildman–Crippen LogP) is 1.52. The predicted molar refractivity (Wildman–Crippen MR) is 83.1 cm³/mol. The molecule has 0 aliphatic carbocycles. The van der Waals surface area contributed by atoms with Crippen molar-refractivity contribution in [3.63, 3.8) is 0 Å². The fraction of sp³-hybridized carbons (Fsp3) is 0.250. The molecule has 1 heterocycles. The third-order valence-electron chi connectivity index (χ3n) is 4.04. The van der Waals surface area contributed by atoms with Gasteiger partial charge in [-0.2, -0.15) is 0 Å². The molecule has 0 saturated carbocycles. The Labute approximate surface area is 125 Å². The molecule has 0 spiro atoms. The van der Waals surface area contributed by atoms with E-state index in [1.165, 1.54) is 0 Å². The molecule has 0 aromatic heterocycles. The number of hydrogen-bond donors (Lipinski definition) is 2. The monoisotopic (exact) mass is 302 g/mol. The number of sulfonamides is 1. The van der Waals surface area contributed by atoms with Crippen molar-refractivity contribution in [1.82, 2.24) is 5.32 Å². The Morgan fingerprint density at radius 1 is 1.05 bits per heavy atom. The lowest BCUT2D eigenvalue weighted by Gasteiger charge is -2.38. The smallest absolute Gasteiger partial charge is 0.232 e. The van der Waals surface area contributed by atoms with E-state index in [1.54, 1.807) is 0 Å². The fourth-order valence-electron chi connectivity index (χ4n) is 3.02. The minimum absolute atomic E-state index is 0.323. The Bertz CT molecular complexity index is 744. The van der Waals surface area contributed by atoms with E-state index in [0.717, 1.165) is 23.1 Å². The van der Waals surface area contributed by atoms with Crippen LogP contribution in [0.1, 0.15) is 16.7 Å². The summed E-state index contributed by atoms with van der Waals surface area (Å²) in [5.41, 5.74) is 2.75. The summed E-state index contributed by atoms with van der Waals surface area (Å²) in [6.07, 6.45) is 1.13. The zero-order chi connectivity index (χ0) is 14.9. The Morgan fingerprint density at radius 2 is 1.71 bits per heavy atom. The molecule has 2 aromatic rings. The van der Waals surface area contributed by atoms with Gasteiger partial charge in [0.1, 0.15) is 0 Å². The first kappa shape index (κ1) is 14.3. The summed E-state index contributed by atoms with van der Waals surface area (Å²) < 4.78 is 24.8. The molecule has 1 atom stereocenters. The second-order valence-electron chi connectivity index (χ2n) is 5.37. The number of primary sulfonamides is 1. The lowest BCUT2D eigenvalue weighted by molar-refractivity contribution is 0.414. The van der Waals surface area contributed by atoms with E-state index in [1.807, 2.05) is 54.6 Å². The Kier molecular flexibility index (Phi) is 3.57. The van der Waals surface area contributed by atoms with Crippen LogP contribution >= 0.6 is 0 Å². The molecule has 1 unspecified atom stereocenters. The summed E-state index contributed by atoms with van der Waals surface area (Å²) in [4.78, 5) is -1.25. The highest BCUT2D eigenvalue weighted by molar-refractivity contribution is 7.90. The van der Waals surface area contributed by atoms with Crippen LogP contribution in [0.15, 0.2) is 54.6 Å². The molecule has 2 aromatic carbocycles. The molecule has 3 rings (SSSR count). The highest BCUT2D eigenvalue weighted by Crippen LogP contribution is 2.35. The van der Waals surface area contributed by atoms with Gasteiger partial charge < -0.3 is 0 Å². The van der Waals surface area contributed by atoms with Crippen molar-refractivity contribution in [3.8, 4) is 0 Å². The lowest BCUT2D eigenvalue weighted by atomic mass is 9.89. The lowest BCUT2D eigenvalue weighted by Crippen LogP contribution is -2.56. The molecule has 1 aliphatic rings. The van der Waals surface area contributed by atoms with Crippen LogP contribution in [0.2, 0.25) is 0 Å². The number of nitrogens with two attached hydrogens (primary N) is 1. The maximum absolute atomic E-state index is 12.4. The Balaban J connectivity index is 2.17. The summed E-state index contributed by atoms with van der Waals surface area (Å²) in [6.45, 7) is 0.597. The number of rotatable bonds is 3. The average molecular weight is 302 g/mol. The molecule has 4 nitrogen and oxygen atoms in total. The highest BCUT2D eigenvalue weighted by Gasteiger charge is 2.46. The molecule has 1 aliphatic heterocycles. The van der Waals surface area contributed by atoms with Crippen LogP contribution < -0.4 is 10.5 Å². The maximum Gasteiger partial charge on any atom is 0.232 e. The Hall–Kier alpha value is -1.69. The second kappa shape index (κ2) is 5.26. The number of hydrogen-bond acceptors (Lipinski definition) is 3. The van der Waals surface area contributed by atoms with Gasteiger partial charge in [0, 0.05) is 13.0 Å². The minimum Gasteiger partial charge on any atom is -0.293 e. The standard InChI is InChI=1S/C16H18N2O2S/c17-21(19,20)16(12-13-6-2-1-3-7-13)15-9-5-4-8-14(15)10-11-18-16/h1-9,18H,10-12H2,(H2,17,19,20). The van der Waals surface area contributed by atoms with Crippen molar-refractivity contribution in [2.45, 2.75) is 17.7 Å². The molecule has 0 bridgehead atoms. The topological polar surface area (TPSA) is 72.2 Å². The van der Waals surface area contributed by atoms with E-state index in [4.69, 9.17) is 5.14 Å².